The van der Waals surface area contributed by atoms with E-state index in [1.165, 1.54) is 6.07 Å². The average Bonchev–Trinajstić information content (AvgIpc) is 2.81. The van der Waals surface area contributed by atoms with Crippen LogP contribution in [-0.2, 0) is 4.79 Å². The van der Waals surface area contributed by atoms with Crippen LogP contribution in [0.1, 0.15) is 47.4 Å². The van der Waals surface area contributed by atoms with Gasteiger partial charge in [0, 0.05) is 24.6 Å². The quantitative estimate of drug-likeness (QED) is 0.640. The Morgan fingerprint density at radius 3 is 2.09 bits per heavy atom. The number of ketones is 1. The number of hydrogen-bond donors (Lipinski definition) is 1. The van der Waals surface area contributed by atoms with Crippen molar-refractivity contribution >= 4 is 17.6 Å². The van der Waals surface area contributed by atoms with E-state index in [9.17, 15) is 23.2 Å². The molecule has 1 aliphatic rings. The van der Waals surface area contributed by atoms with E-state index in [1.807, 2.05) is 0 Å². The SMILES string of the molecule is COc1ccc(C(=O)C2CCN(C(=O)C(NC(=O)c3c(F)cccc3F)C(C)C)CC2)cc1. The standard InChI is InChI=1S/C25H28F2N2O4/c1-15(2)22(28-24(31)21-19(26)5-4-6-20(21)27)25(32)29-13-11-17(12-14-29)23(30)16-7-9-18(33-3)10-8-16/h4-10,15,17,22H,11-14H2,1-3H3,(H,28,31). The van der Waals surface area contributed by atoms with Crippen molar-refractivity contribution in [2.45, 2.75) is 32.7 Å². The fourth-order valence-corrected chi connectivity index (χ4v) is 3.99. The number of amides is 2. The van der Waals surface area contributed by atoms with Crippen molar-refractivity contribution in [1.29, 1.82) is 0 Å². The summed E-state index contributed by atoms with van der Waals surface area (Å²) in [6.45, 7) is 4.22. The van der Waals surface area contributed by atoms with Crippen molar-refractivity contribution in [3.05, 3.63) is 65.2 Å². The molecule has 3 rings (SSSR count). The summed E-state index contributed by atoms with van der Waals surface area (Å²) in [6.07, 6.45) is 0.995. The second-order valence-corrected chi connectivity index (χ2v) is 8.48. The Labute approximate surface area is 191 Å². The number of carbonyl (C=O) groups excluding carboxylic acids is 3. The second-order valence-electron chi connectivity index (χ2n) is 8.48. The first-order valence-electron chi connectivity index (χ1n) is 10.9. The fraction of sp³-hybridized carbons (Fsp3) is 0.400. The highest BCUT2D eigenvalue weighted by Crippen LogP contribution is 2.24. The predicted molar refractivity (Wildman–Crippen MR) is 119 cm³/mol. The number of methoxy groups -OCH3 is 1. The molecule has 1 aliphatic heterocycles. The number of piperidine rings is 1. The van der Waals surface area contributed by atoms with Gasteiger partial charge in [-0.3, -0.25) is 14.4 Å². The molecule has 1 heterocycles. The van der Waals surface area contributed by atoms with Gasteiger partial charge in [0.2, 0.25) is 5.91 Å². The number of hydrogen-bond acceptors (Lipinski definition) is 4. The molecule has 1 unspecified atom stereocenters. The number of Topliss-reactive ketones (excluding diaryl/α,β-unsaturated/α-hetero) is 1. The molecule has 0 saturated carbocycles. The van der Waals surface area contributed by atoms with Crippen LogP contribution in [0, 0.1) is 23.5 Å². The first kappa shape index (κ1) is 24.4. The van der Waals surface area contributed by atoms with E-state index in [1.54, 1.807) is 50.1 Å². The first-order chi connectivity index (χ1) is 15.7. The number of halogens is 2. The van der Waals surface area contributed by atoms with Crippen LogP contribution in [0.4, 0.5) is 8.78 Å². The smallest absolute Gasteiger partial charge is 0.257 e. The van der Waals surface area contributed by atoms with Crippen molar-refractivity contribution in [2.75, 3.05) is 20.2 Å². The van der Waals surface area contributed by atoms with Gasteiger partial charge < -0.3 is 15.0 Å². The average molecular weight is 459 g/mol. The molecule has 1 atom stereocenters. The maximum absolute atomic E-state index is 14.0. The van der Waals surface area contributed by atoms with Gasteiger partial charge in [0.1, 0.15) is 29.0 Å². The Morgan fingerprint density at radius 1 is 1.00 bits per heavy atom. The number of nitrogens with zero attached hydrogens (tertiary/aromatic N) is 1. The van der Waals surface area contributed by atoms with E-state index in [0.29, 0.717) is 37.2 Å². The highest BCUT2D eigenvalue weighted by atomic mass is 19.1. The molecule has 0 aliphatic carbocycles. The molecule has 6 nitrogen and oxygen atoms in total. The number of nitrogens with one attached hydrogen (secondary N) is 1. The molecule has 0 aromatic heterocycles. The zero-order valence-electron chi connectivity index (χ0n) is 18.9. The molecule has 2 amide bonds. The van der Waals surface area contributed by atoms with Crippen LogP contribution < -0.4 is 10.1 Å². The molecule has 33 heavy (non-hydrogen) atoms. The lowest BCUT2D eigenvalue weighted by molar-refractivity contribution is -0.135. The summed E-state index contributed by atoms with van der Waals surface area (Å²) < 4.78 is 33.1. The molecule has 8 heteroatoms. The normalized spacial score (nSPS) is 15.3. The topological polar surface area (TPSA) is 75.7 Å². The second kappa shape index (κ2) is 10.6. The molecular formula is C25H28F2N2O4. The van der Waals surface area contributed by atoms with Gasteiger partial charge in [-0.2, -0.15) is 0 Å². The first-order valence-corrected chi connectivity index (χ1v) is 10.9. The zero-order chi connectivity index (χ0) is 24.1. The Balaban J connectivity index is 1.63. The van der Waals surface area contributed by atoms with Gasteiger partial charge >= 0.3 is 0 Å². The van der Waals surface area contributed by atoms with Crippen LogP contribution in [0.5, 0.6) is 5.75 Å². The van der Waals surface area contributed by atoms with Gasteiger partial charge in [-0.15, -0.1) is 0 Å². The lowest BCUT2D eigenvalue weighted by Gasteiger charge is -2.35. The van der Waals surface area contributed by atoms with Gasteiger partial charge in [0.05, 0.1) is 7.11 Å². The highest BCUT2D eigenvalue weighted by molar-refractivity contribution is 5.99. The van der Waals surface area contributed by atoms with E-state index in [2.05, 4.69) is 5.32 Å². The monoisotopic (exact) mass is 458 g/mol. The predicted octanol–water partition coefficient (Wildman–Crippen LogP) is 3.85. The van der Waals surface area contributed by atoms with E-state index in [-0.39, 0.29) is 23.5 Å². The summed E-state index contributed by atoms with van der Waals surface area (Å²) in [6, 6.07) is 9.15. The van der Waals surface area contributed by atoms with Crippen LogP contribution >= 0.6 is 0 Å². The minimum Gasteiger partial charge on any atom is -0.497 e. The number of likely N-dealkylation sites (tertiary alicyclic amines) is 1. The fourth-order valence-electron chi connectivity index (χ4n) is 3.99. The van der Waals surface area contributed by atoms with Crippen molar-refractivity contribution in [3.63, 3.8) is 0 Å². The molecule has 0 bridgehead atoms. The minimum absolute atomic E-state index is 0.0218. The summed E-state index contributed by atoms with van der Waals surface area (Å²) in [5.41, 5.74) is -0.112. The van der Waals surface area contributed by atoms with Crippen molar-refractivity contribution in [2.24, 2.45) is 11.8 Å². The third kappa shape index (κ3) is 5.56. The molecule has 1 saturated heterocycles. The summed E-state index contributed by atoms with van der Waals surface area (Å²) >= 11 is 0. The summed E-state index contributed by atoms with van der Waals surface area (Å²) in [5, 5.41) is 2.49. The van der Waals surface area contributed by atoms with Gasteiger partial charge in [-0.05, 0) is 55.2 Å². The number of rotatable bonds is 7. The molecule has 0 spiro atoms. The van der Waals surface area contributed by atoms with E-state index < -0.39 is 29.1 Å². The minimum atomic E-state index is -0.986. The van der Waals surface area contributed by atoms with E-state index >= 15 is 0 Å². The van der Waals surface area contributed by atoms with Gasteiger partial charge in [-0.1, -0.05) is 19.9 Å². The summed E-state index contributed by atoms with van der Waals surface area (Å²) in [5.74, 6) is -3.08. The number of carbonyl (C=O) groups is 3. The zero-order valence-corrected chi connectivity index (χ0v) is 18.9. The lowest BCUT2D eigenvalue weighted by atomic mass is 9.88. The van der Waals surface area contributed by atoms with Gasteiger partial charge in [-0.25, -0.2) is 8.78 Å². The largest absolute Gasteiger partial charge is 0.497 e. The Hall–Kier alpha value is -3.29. The summed E-state index contributed by atoms with van der Waals surface area (Å²) in [4.78, 5) is 40.0. The Morgan fingerprint density at radius 2 is 1.58 bits per heavy atom. The van der Waals surface area contributed by atoms with Crippen LogP contribution in [0.25, 0.3) is 0 Å². The molecule has 2 aromatic rings. The Kier molecular flexibility index (Phi) is 7.79. The number of ether oxygens (including phenoxy) is 1. The Bertz CT molecular complexity index is 995. The summed E-state index contributed by atoms with van der Waals surface area (Å²) in [7, 11) is 1.56. The van der Waals surface area contributed by atoms with Crippen LogP contribution in [-0.4, -0.2) is 48.7 Å². The maximum Gasteiger partial charge on any atom is 0.257 e. The highest BCUT2D eigenvalue weighted by Gasteiger charge is 2.34. The molecule has 1 fully saturated rings. The third-order valence-corrected chi connectivity index (χ3v) is 5.96. The van der Waals surface area contributed by atoms with Crippen molar-refractivity contribution in [1.82, 2.24) is 10.2 Å². The van der Waals surface area contributed by atoms with Gasteiger partial charge in [0.15, 0.2) is 5.78 Å². The molecule has 2 aromatic carbocycles. The van der Waals surface area contributed by atoms with E-state index in [4.69, 9.17) is 4.74 Å². The van der Waals surface area contributed by atoms with Crippen molar-refractivity contribution in [3.8, 4) is 5.75 Å². The molecular weight excluding hydrogens is 430 g/mol. The van der Waals surface area contributed by atoms with E-state index in [0.717, 1.165) is 12.1 Å². The van der Waals surface area contributed by atoms with Gasteiger partial charge in [0.25, 0.3) is 5.91 Å². The lowest BCUT2D eigenvalue weighted by Crippen LogP contribution is -2.53. The maximum atomic E-state index is 14.0. The van der Waals surface area contributed by atoms with Crippen LogP contribution in [0.2, 0.25) is 0 Å². The number of benzene rings is 2. The molecule has 176 valence electrons. The van der Waals surface area contributed by atoms with Crippen LogP contribution in [0.15, 0.2) is 42.5 Å². The van der Waals surface area contributed by atoms with Crippen molar-refractivity contribution < 1.29 is 27.9 Å². The third-order valence-electron chi connectivity index (χ3n) is 5.96. The van der Waals surface area contributed by atoms with Crippen LogP contribution in [0.3, 0.4) is 0 Å². The molecule has 1 N–H and O–H groups in total. The molecule has 0 radical (unpaired) electrons.